The zero-order valence-corrected chi connectivity index (χ0v) is 21.0. The highest BCUT2D eigenvalue weighted by Crippen LogP contribution is 2.23. The number of nitrogens with one attached hydrogen (secondary N) is 1. The Kier molecular flexibility index (Phi) is 7.94. The molecule has 5 nitrogen and oxygen atoms in total. The first-order chi connectivity index (χ1) is 16.6. The van der Waals surface area contributed by atoms with Gasteiger partial charge in [-0.05, 0) is 73.3 Å². The maximum Gasteiger partial charge on any atom is 0.224 e. The molecule has 3 aromatic rings. The van der Waals surface area contributed by atoms with Crippen molar-refractivity contribution in [3.05, 3.63) is 83.1 Å². The third-order valence-electron chi connectivity index (χ3n) is 7.00. The highest BCUT2D eigenvalue weighted by atomic mass is 15.4. The van der Waals surface area contributed by atoms with E-state index >= 15 is 0 Å². The maximum atomic E-state index is 5.04. The molecule has 0 aliphatic carbocycles. The van der Waals surface area contributed by atoms with Crippen molar-refractivity contribution in [2.75, 3.05) is 0 Å². The van der Waals surface area contributed by atoms with E-state index < -0.39 is 0 Å². The predicted molar refractivity (Wildman–Crippen MR) is 141 cm³/mol. The van der Waals surface area contributed by atoms with Crippen molar-refractivity contribution >= 4 is 5.96 Å². The number of aryl methyl sites for hydroxylation is 1. The molecule has 1 aromatic carbocycles. The van der Waals surface area contributed by atoms with Gasteiger partial charge in [0.15, 0.2) is 0 Å². The fraction of sp³-hybridized carbons (Fsp3) is 0.414. The molecule has 178 valence electrons. The summed E-state index contributed by atoms with van der Waals surface area (Å²) < 4.78 is 2.04. The SMILES string of the molecule is CCc1cnn2c1CC/C(C)=C(\CCC(C)CC)NC2=NCc1ccc(-c2cccnc2)cc1. The number of aromatic nitrogens is 3. The minimum Gasteiger partial charge on any atom is -0.328 e. The van der Waals surface area contributed by atoms with Crippen LogP contribution in [0.2, 0.25) is 0 Å². The van der Waals surface area contributed by atoms with Gasteiger partial charge < -0.3 is 5.32 Å². The van der Waals surface area contributed by atoms with Gasteiger partial charge in [-0.2, -0.15) is 5.10 Å². The van der Waals surface area contributed by atoms with Crippen molar-refractivity contribution in [3.63, 3.8) is 0 Å². The maximum absolute atomic E-state index is 5.04. The molecule has 0 spiro atoms. The zero-order valence-electron chi connectivity index (χ0n) is 21.0. The minimum atomic E-state index is 0.605. The van der Waals surface area contributed by atoms with Gasteiger partial charge in [-0.25, -0.2) is 9.67 Å². The molecule has 0 bridgehead atoms. The van der Waals surface area contributed by atoms with Crippen molar-refractivity contribution in [2.24, 2.45) is 10.9 Å². The molecular weight excluding hydrogens is 418 g/mol. The number of rotatable bonds is 8. The molecule has 1 aliphatic heterocycles. The standard InChI is InChI=1S/C29H37N5/c1-5-21(3)9-15-27-22(4)10-16-28-24(6-2)20-32-34(28)29(33-27)31-18-23-11-13-25(14-12-23)26-8-7-17-30-19-26/h7-8,11-14,17,19-21H,5-6,9-10,15-16,18H2,1-4H3,(H,31,33)/b27-22+. The van der Waals surface area contributed by atoms with E-state index in [1.165, 1.54) is 46.5 Å². The van der Waals surface area contributed by atoms with Crippen LogP contribution in [0.5, 0.6) is 0 Å². The van der Waals surface area contributed by atoms with Crippen LogP contribution in [0.3, 0.4) is 0 Å². The van der Waals surface area contributed by atoms with E-state index in [2.05, 4.69) is 68.3 Å². The highest BCUT2D eigenvalue weighted by Gasteiger charge is 2.19. The van der Waals surface area contributed by atoms with Crippen molar-refractivity contribution in [1.29, 1.82) is 0 Å². The summed E-state index contributed by atoms with van der Waals surface area (Å²) in [5.74, 6) is 1.56. The summed E-state index contributed by atoms with van der Waals surface area (Å²) in [7, 11) is 0. The number of aliphatic imine (C=N–C) groups is 1. The summed E-state index contributed by atoms with van der Waals surface area (Å²) in [6, 6.07) is 12.7. The Morgan fingerprint density at radius 3 is 2.59 bits per heavy atom. The second-order valence-corrected chi connectivity index (χ2v) is 9.40. The average Bonchev–Trinajstić information content (AvgIpc) is 3.29. The van der Waals surface area contributed by atoms with Gasteiger partial charge in [0, 0.05) is 18.1 Å². The van der Waals surface area contributed by atoms with Gasteiger partial charge >= 0.3 is 0 Å². The Morgan fingerprint density at radius 2 is 1.88 bits per heavy atom. The first-order valence-electron chi connectivity index (χ1n) is 12.6. The first-order valence-corrected chi connectivity index (χ1v) is 12.6. The Labute approximate surface area is 204 Å². The lowest BCUT2D eigenvalue weighted by Gasteiger charge is -2.22. The van der Waals surface area contributed by atoms with Crippen LogP contribution < -0.4 is 5.32 Å². The van der Waals surface area contributed by atoms with Crippen LogP contribution >= 0.6 is 0 Å². The number of pyridine rings is 1. The lowest BCUT2D eigenvalue weighted by atomic mass is 9.97. The van der Waals surface area contributed by atoms with Crippen molar-refractivity contribution < 1.29 is 0 Å². The van der Waals surface area contributed by atoms with Crippen LogP contribution in [0, 0.1) is 5.92 Å². The largest absolute Gasteiger partial charge is 0.328 e. The summed E-state index contributed by atoms with van der Waals surface area (Å²) in [4.78, 5) is 9.27. The molecule has 1 N–H and O–H groups in total. The van der Waals surface area contributed by atoms with Gasteiger partial charge in [-0.1, -0.05) is 63.1 Å². The smallest absolute Gasteiger partial charge is 0.224 e. The Balaban J connectivity index is 1.59. The molecule has 4 rings (SSSR count). The van der Waals surface area contributed by atoms with E-state index in [0.29, 0.717) is 6.54 Å². The number of hydrogen-bond donors (Lipinski definition) is 1. The van der Waals surface area contributed by atoms with E-state index in [1.54, 1.807) is 6.20 Å². The lowest BCUT2D eigenvalue weighted by molar-refractivity contribution is 0.508. The molecule has 5 heteroatoms. The topological polar surface area (TPSA) is 55.1 Å². The predicted octanol–water partition coefficient (Wildman–Crippen LogP) is 6.55. The Hall–Kier alpha value is -3.21. The summed E-state index contributed by atoms with van der Waals surface area (Å²) in [6.45, 7) is 9.68. The number of allylic oxidation sites excluding steroid dienone is 2. The molecule has 0 fully saturated rings. The second kappa shape index (κ2) is 11.3. The quantitative estimate of drug-likeness (QED) is 0.419. The third-order valence-corrected chi connectivity index (χ3v) is 7.00. The average molecular weight is 456 g/mol. The van der Waals surface area contributed by atoms with Gasteiger partial charge in [0.1, 0.15) is 0 Å². The van der Waals surface area contributed by atoms with Gasteiger partial charge in [0.2, 0.25) is 5.96 Å². The molecule has 34 heavy (non-hydrogen) atoms. The molecule has 1 atom stereocenters. The molecule has 1 aliphatic rings. The molecule has 3 heterocycles. The third kappa shape index (κ3) is 5.64. The molecule has 0 saturated carbocycles. The van der Waals surface area contributed by atoms with Gasteiger partial charge in [0.05, 0.1) is 18.4 Å². The van der Waals surface area contributed by atoms with Crippen LogP contribution in [0.25, 0.3) is 11.1 Å². The molecule has 2 aromatic heterocycles. The number of benzene rings is 1. The van der Waals surface area contributed by atoms with Gasteiger partial charge in [-0.3, -0.25) is 4.98 Å². The molecule has 0 saturated heterocycles. The van der Waals surface area contributed by atoms with Crippen LogP contribution in [-0.2, 0) is 19.4 Å². The van der Waals surface area contributed by atoms with Crippen LogP contribution in [-0.4, -0.2) is 20.7 Å². The second-order valence-electron chi connectivity index (χ2n) is 9.40. The van der Waals surface area contributed by atoms with Crippen molar-refractivity contribution in [2.45, 2.75) is 72.8 Å². The summed E-state index contributed by atoms with van der Waals surface area (Å²) in [6.07, 6.45) is 12.2. The number of hydrogen-bond acceptors (Lipinski definition) is 3. The number of fused-ring (bicyclic) bond motifs is 1. The van der Waals surface area contributed by atoms with E-state index in [0.717, 1.165) is 43.1 Å². The van der Waals surface area contributed by atoms with E-state index in [1.807, 2.05) is 23.1 Å². The minimum absolute atomic E-state index is 0.605. The lowest BCUT2D eigenvalue weighted by Crippen LogP contribution is -2.34. The number of nitrogens with zero attached hydrogens (tertiary/aromatic N) is 4. The Morgan fingerprint density at radius 1 is 1.06 bits per heavy atom. The monoisotopic (exact) mass is 455 g/mol. The van der Waals surface area contributed by atoms with Crippen LogP contribution in [0.1, 0.15) is 70.2 Å². The zero-order chi connectivity index (χ0) is 23.9. The summed E-state index contributed by atoms with van der Waals surface area (Å²) >= 11 is 0. The van der Waals surface area contributed by atoms with Crippen LogP contribution in [0.15, 0.2) is 71.3 Å². The normalized spacial score (nSPS) is 18.2. The van der Waals surface area contributed by atoms with Gasteiger partial charge in [-0.15, -0.1) is 0 Å². The molecular formula is C29H37N5. The highest BCUT2D eigenvalue weighted by molar-refractivity contribution is 5.84. The van der Waals surface area contributed by atoms with E-state index in [4.69, 9.17) is 10.1 Å². The molecule has 0 amide bonds. The molecule has 1 unspecified atom stereocenters. The van der Waals surface area contributed by atoms with Gasteiger partial charge in [0.25, 0.3) is 0 Å². The van der Waals surface area contributed by atoms with E-state index in [-0.39, 0.29) is 0 Å². The van der Waals surface area contributed by atoms with Crippen LogP contribution in [0.4, 0.5) is 0 Å². The Bertz CT molecular complexity index is 1140. The first kappa shape index (κ1) is 23.9. The summed E-state index contributed by atoms with van der Waals surface area (Å²) in [5.41, 5.74) is 8.81. The fourth-order valence-corrected chi connectivity index (χ4v) is 4.38. The van der Waals surface area contributed by atoms with Crippen molar-refractivity contribution in [3.8, 4) is 11.1 Å². The fourth-order valence-electron chi connectivity index (χ4n) is 4.38. The summed E-state index contributed by atoms with van der Waals surface area (Å²) in [5, 5.41) is 8.45. The van der Waals surface area contributed by atoms with E-state index in [9.17, 15) is 0 Å². The van der Waals surface area contributed by atoms with Crippen molar-refractivity contribution in [1.82, 2.24) is 20.1 Å². The molecule has 0 radical (unpaired) electrons.